The van der Waals surface area contributed by atoms with Crippen molar-refractivity contribution in [3.05, 3.63) is 65.9 Å². The highest BCUT2D eigenvalue weighted by Gasteiger charge is 2.27. The van der Waals surface area contributed by atoms with Crippen molar-refractivity contribution < 1.29 is 4.79 Å². The van der Waals surface area contributed by atoms with E-state index in [4.69, 9.17) is 0 Å². The number of likely N-dealkylation sites (tertiary alicyclic amines) is 1. The predicted octanol–water partition coefficient (Wildman–Crippen LogP) is 4.90. The number of nitriles is 1. The molecule has 2 aromatic carbocycles. The number of carbonyl (C=O) groups excluding carboxylic acids is 1. The maximum atomic E-state index is 13.4. The molecule has 0 aliphatic carbocycles. The minimum absolute atomic E-state index is 0.162. The van der Waals surface area contributed by atoms with Gasteiger partial charge in [0.1, 0.15) is 0 Å². The largest absolute Gasteiger partial charge is 0.361 e. The monoisotopic (exact) mass is 432 g/mol. The summed E-state index contributed by atoms with van der Waals surface area (Å²) in [5, 5.41) is 10.6. The third-order valence-corrected chi connectivity index (χ3v) is 7.08. The molecule has 1 amide bonds. The zero-order valence-corrected chi connectivity index (χ0v) is 18.6. The summed E-state index contributed by atoms with van der Waals surface area (Å²) in [5.41, 5.74) is 2.77. The SMILES string of the molecule is CC1CCN(C(=O)C(CCc2ccccc2C#N)NSc2cccc3[nH]ccc23)CC1. The van der Waals surface area contributed by atoms with Gasteiger partial charge in [0.05, 0.1) is 17.7 Å². The predicted molar refractivity (Wildman–Crippen MR) is 126 cm³/mol. The maximum Gasteiger partial charge on any atom is 0.240 e. The number of aryl methyl sites for hydroxylation is 1. The van der Waals surface area contributed by atoms with E-state index in [1.54, 1.807) is 0 Å². The minimum Gasteiger partial charge on any atom is -0.361 e. The van der Waals surface area contributed by atoms with Gasteiger partial charge in [-0.25, -0.2) is 4.72 Å². The Kier molecular flexibility index (Phi) is 6.96. The number of aromatic nitrogens is 1. The lowest BCUT2D eigenvalue weighted by atomic mass is 9.97. The number of aromatic amines is 1. The molecule has 4 rings (SSSR count). The van der Waals surface area contributed by atoms with Crippen molar-refractivity contribution in [3.8, 4) is 6.07 Å². The van der Waals surface area contributed by atoms with Crippen LogP contribution in [0.15, 0.2) is 59.6 Å². The molecule has 6 heteroatoms. The van der Waals surface area contributed by atoms with Crippen molar-refractivity contribution in [3.63, 3.8) is 0 Å². The van der Waals surface area contributed by atoms with E-state index in [0.717, 1.165) is 47.3 Å². The maximum absolute atomic E-state index is 13.4. The lowest BCUT2D eigenvalue weighted by molar-refractivity contribution is -0.134. The van der Waals surface area contributed by atoms with Crippen LogP contribution in [0.5, 0.6) is 0 Å². The zero-order chi connectivity index (χ0) is 21.6. The van der Waals surface area contributed by atoms with E-state index in [0.29, 0.717) is 24.3 Å². The molecule has 31 heavy (non-hydrogen) atoms. The number of amides is 1. The van der Waals surface area contributed by atoms with Crippen LogP contribution in [0.2, 0.25) is 0 Å². The molecular weight excluding hydrogens is 404 g/mol. The Morgan fingerprint density at radius 1 is 1.23 bits per heavy atom. The van der Waals surface area contributed by atoms with Crippen LogP contribution >= 0.6 is 11.9 Å². The number of benzene rings is 2. The van der Waals surface area contributed by atoms with E-state index < -0.39 is 0 Å². The Balaban J connectivity index is 1.49. The van der Waals surface area contributed by atoms with Crippen LogP contribution in [0, 0.1) is 17.2 Å². The molecule has 1 aliphatic heterocycles. The molecule has 0 saturated carbocycles. The molecule has 5 nitrogen and oxygen atoms in total. The van der Waals surface area contributed by atoms with Gasteiger partial charge in [-0.15, -0.1) is 0 Å². The van der Waals surface area contributed by atoms with Crippen molar-refractivity contribution in [2.75, 3.05) is 13.1 Å². The fourth-order valence-electron chi connectivity index (χ4n) is 4.11. The summed E-state index contributed by atoms with van der Waals surface area (Å²) in [4.78, 5) is 19.7. The highest BCUT2D eigenvalue weighted by molar-refractivity contribution is 7.97. The van der Waals surface area contributed by atoms with Crippen molar-refractivity contribution in [1.82, 2.24) is 14.6 Å². The molecule has 1 aliphatic rings. The number of nitrogens with one attached hydrogen (secondary N) is 2. The molecule has 1 aromatic heterocycles. The molecule has 0 bridgehead atoms. The number of rotatable bonds is 7. The average Bonchev–Trinajstić information content (AvgIpc) is 3.29. The van der Waals surface area contributed by atoms with Gasteiger partial charge in [-0.3, -0.25) is 4.79 Å². The highest BCUT2D eigenvalue weighted by Crippen LogP contribution is 2.27. The number of H-pyrrole nitrogens is 1. The molecule has 1 unspecified atom stereocenters. The zero-order valence-electron chi connectivity index (χ0n) is 17.8. The van der Waals surface area contributed by atoms with Gasteiger partial charge in [0.15, 0.2) is 0 Å². The van der Waals surface area contributed by atoms with Crippen molar-refractivity contribution in [2.24, 2.45) is 5.92 Å². The first-order valence-electron chi connectivity index (χ1n) is 10.9. The number of piperidine rings is 1. The normalized spacial score (nSPS) is 15.7. The number of nitrogens with zero attached hydrogens (tertiary/aromatic N) is 2. The molecule has 3 aromatic rings. The van der Waals surface area contributed by atoms with Gasteiger partial charge in [0.2, 0.25) is 5.91 Å². The first kappa shape index (κ1) is 21.5. The van der Waals surface area contributed by atoms with Crippen LogP contribution in [-0.4, -0.2) is 34.9 Å². The highest BCUT2D eigenvalue weighted by atomic mass is 32.2. The molecule has 1 saturated heterocycles. The number of carbonyl (C=O) groups is 1. The van der Waals surface area contributed by atoms with Crippen molar-refractivity contribution in [2.45, 2.75) is 43.5 Å². The van der Waals surface area contributed by atoms with Crippen LogP contribution in [0.1, 0.15) is 37.3 Å². The standard InChI is InChI=1S/C25H28N4OS/c1-18-12-15-29(16-13-18)25(30)23(10-9-19-5-2-3-6-20(19)17-26)28-31-24-8-4-7-22-21(24)11-14-27-22/h2-8,11,14,18,23,27-28H,9-10,12-13,15-16H2,1H3. The summed E-state index contributed by atoms with van der Waals surface area (Å²) in [6, 6.07) is 17.8. The van der Waals surface area contributed by atoms with E-state index in [1.807, 2.05) is 41.4 Å². The lowest BCUT2D eigenvalue weighted by Crippen LogP contribution is -2.47. The van der Waals surface area contributed by atoms with Crippen LogP contribution in [0.4, 0.5) is 0 Å². The summed E-state index contributed by atoms with van der Waals surface area (Å²) in [7, 11) is 0. The quantitative estimate of drug-likeness (QED) is 0.521. The summed E-state index contributed by atoms with van der Waals surface area (Å²) in [5.74, 6) is 0.841. The van der Waals surface area contributed by atoms with Gasteiger partial charge in [0.25, 0.3) is 0 Å². The topological polar surface area (TPSA) is 71.9 Å². The molecule has 2 N–H and O–H groups in total. The van der Waals surface area contributed by atoms with E-state index in [9.17, 15) is 10.1 Å². The minimum atomic E-state index is -0.306. The second-order valence-corrected chi connectivity index (χ2v) is 9.16. The third kappa shape index (κ3) is 5.12. The molecule has 1 atom stereocenters. The fraction of sp³-hybridized carbons (Fsp3) is 0.360. The van der Waals surface area contributed by atoms with Crippen LogP contribution in [-0.2, 0) is 11.2 Å². The van der Waals surface area contributed by atoms with E-state index in [-0.39, 0.29) is 11.9 Å². The van der Waals surface area contributed by atoms with Gasteiger partial charge in [-0.2, -0.15) is 5.26 Å². The number of hydrogen-bond acceptors (Lipinski definition) is 4. The van der Waals surface area contributed by atoms with Gasteiger partial charge in [-0.1, -0.05) is 31.2 Å². The van der Waals surface area contributed by atoms with Gasteiger partial charge >= 0.3 is 0 Å². The van der Waals surface area contributed by atoms with Crippen LogP contribution in [0.25, 0.3) is 10.9 Å². The smallest absolute Gasteiger partial charge is 0.240 e. The summed E-state index contributed by atoms with van der Waals surface area (Å²) < 4.78 is 3.46. The third-order valence-electron chi connectivity index (χ3n) is 6.10. The Morgan fingerprint density at radius 2 is 2.03 bits per heavy atom. The Labute approximate surface area is 188 Å². The van der Waals surface area contributed by atoms with E-state index in [1.165, 1.54) is 11.9 Å². The molecule has 2 heterocycles. The van der Waals surface area contributed by atoms with Crippen molar-refractivity contribution in [1.29, 1.82) is 5.26 Å². The fourth-order valence-corrected chi connectivity index (χ4v) is 5.03. The van der Waals surface area contributed by atoms with Gasteiger partial charge in [-0.05, 0) is 73.4 Å². The molecule has 1 fully saturated rings. The van der Waals surface area contributed by atoms with E-state index in [2.05, 4.69) is 40.9 Å². The molecule has 0 radical (unpaired) electrons. The summed E-state index contributed by atoms with van der Waals surface area (Å²) >= 11 is 1.52. The van der Waals surface area contributed by atoms with Gasteiger partial charge < -0.3 is 9.88 Å². The number of hydrogen-bond donors (Lipinski definition) is 2. The second kappa shape index (κ2) is 10.0. The Hall–Kier alpha value is -2.75. The van der Waals surface area contributed by atoms with Crippen molar-refractivity contribution >= 4 is 28.8 Å². The lowest BCUT2D eigenvalue weighted by Gasteiger charge is -2.33. The second-order valence-electron chi connectivity index (χ2n) is 8.28. The molecular formula is C25H28N4OS. The first-order chi connectivity index (χ1) is 15.2. The summed E-state index contributed by atoms with van der Waals surface area (Å²) in [6.07, 6.45) is 5.40. The number of fused-ring (bicyclic) bond motifs is 1. The Morgan fingerprint density at radius 3 is 2.84 bits per heavy atom. The van der Waals surface area contributed by atoms with Crippen LogP contribution < -0.4 is 4.72 Å². The van der Waals surface area contributed by atoms with Gasteiger partial charge in [0, 0.05) is 35.1 Å². The first-order valence-corrected chi connectivity index (χ1v) is 11.7. The van der Waals surface area contributed by atoms with E-state index >= 15 is 0 Å². The van der Waals surface area contributed by atoms with Crippen LogP contribution in [0.3, 0.4) is 0 Å². The molecule has 160 valence electrons. The molecule has 0 spiro atoms. The summed E-state index contributed by atoms with van der Waals surface area (Å²) in [6.45, 7) is 3.90. The average molecular weight is 433 g/mol. The Bertz CT molecular complexity index is 1080.